The Bertz CT molecular complexity index is 582. The minimum absolute atomic E-state index is 0.00843. The van der Waals surface area contributed by atoms with Gasteiger partial charge >= 0.3 is 5.97 Å². The zero-order valence-corrected chi connectivity index (χ0v) is 13.0. The number of halogens is 1. The summed E-state index contributed by atoms with van der Waals surface area (Å²) >= 11 is 7.32. The summed E-state index contributed by atoms with van der Waals surface area (Å²) in [5.74, 6) is 0.114. The van der Waals surface area contributed by atoms with E-state index in [0.717, 1.165) is 5.75 Å². The number of aromatic carboxylic acids is 1. The van der Waals surface area contributed by atoms with E-state index in [1.54, 1.807) is 0 Å². The molecule has 0 aliphatic rings. The van der Waals surface area contributed by atoms with Crippen LogP contribution in [0, 0.1) is 6.92 Å². The zero-order valence-electron chi connectivity index (χ0n) is 10.6. The van der Waals surface area contributed by atoms with Gasteiger partial charge in [-0.15, -0.1) is 0 Å². The number of thioether (sulfide) groups is 1. The molecule has 0 fully saturated rings. The van der Waals surface area contributed by atoms with Crippen molar-refractivity contribution >= 4 is 39.2 Å². The first kappa shape index (κ1) is 16.3. The van der Waals surface area contributed by atoms with E-state index in [4.69, 9.17) is 16.7 Å². The third-order valence-corrected chi connectivity index (χ3v) is 5.80. The van der Waals surface area contributed by atoms with Crippen molar-refractivity contribution in [1.82, 2.24) is 0 Å². The molecule has 0 heterocycles. The lowest BCUT2D eigenvalue weighted by Crippen LogP contribution is -2.13. The maximum atomic E-state index is 12.2. The second-order valence-electron chi connectivity index (χ2n) is 3.90. The number of rotatable bonds is 6. The largest absolute Gasteiger partial charge is 0.478 e. The molecule has 0 radical (unpaired) electrons. The molecular weight excluding hydrogens is 308 g/mol. The van der Waals surface area contributed by atoms with Gasteiger partial charge in [0.2, 0.25) is 0 Å². The van der Waals surface area contributed by atoms with Crippen LogP contribution in [-0.2, 0) is 9.84 Å². The van der Waals surface area contributed by atoms with E-state index in [1.165, 1.54) is 30.8 Å². The summed E-state index contributed by atoms with van der Waals surface area (Å²) in [5, 5.41) is 9.15. The van der Waals surface area contributed by atoms with Gasteiger partial charge in [0.25, 0.3) is 0 Å². The van der Waals surface area contributed by atoms with Crippen LogP contribution >= 0.6 is 23.4 Å². The monoisotopic (exact) mass is 322 g/mol. The van der Waals surface area contributed by atoms with E-state index in [2.05, 4.69) is 0 Å². The Morgan fingerprint density at radius 1 is 1.42 bits per heavy atom. The molecule has 1 aromatic rings. The molecule has 0 aliphatic heterocycles. The molecule has 106 valence electrons. The Morgan fingerprint density at radius 2 is 2.05 bits per heavy atom. The molecule has 1 rings (SSSR count). The van der Waals surface area contributed by atoms with Crippen LogP contribution in [0.4, 0.5) is 0 Å². The molecule has 1 aromatic carbocycles. The summed E-state index contributed by atoms with van der Waals surface area (Å²) in [5.41, 5.74) is 0.160. The second-order valence-corrected chi connectivity index (χ2v) is 7.81. The minimum Gasteiger partial charge on any atom is -0.478 e. The lowest BCUT2D eigenvalue weighted by molar-refractivity contribution is 0.0696. The van der Waals surface area contributed by atoms with Gasteiger partial charge < -0.3 is 5.11 Å². The van der Waals surface area contributed by atoms with Crippen molar-refractivity contribution in [2.75, 3.05) is 17.3 Å². The number of carboxylic acids is 1. The van der Waals surface area contributed by atoms with Gasteiger partial charge in [-0.2, -0.15) is 11.8 Å². The number of hydrogen-bond donors (Lipinski definition) is 1. The van der Waals surface area contributed by atoms with Crippen molar-refractivity contribution < 1.29 is 18.3 Å². The van der Waals surface area contributed by atoms with E-state index >= 15 is 0 Å². The SMILES string of the molecule is CCSCCS(=O)(=O)c1cc(Cl)cc(C(=O)O)c1C. The van der Waals surface area contributed by atoms with E-state index in [1.807, 2.05) is 6.92 Å². The fourth-order valence-electron chi connectivity index (χ4n) is 1.62. The van der Waals surface area contributed by atoms with E-state index < -0.39 is 15.8 Å². The standard InChI is InChI=1S/C12H15ClO4S2/c1-3-18-4-5-19(16,17)11-7-9(13)6-10(8(11)2)12(14)15/h6-7H,3-5H2,1-2H3,(H,14,15). The average Bonchev–Trinajstić information content (AvgIpc) is 2.31. The van der Waals surface area contributed by atoms with Gasteiger partial charge in [-0.25, -0.2) is 13.2 Å². The molecule has 1 N–H and O–H groups in total. The lowest BCUT2D eigenvalue weighted by Gasteiger charge is -2.10. The molecule has 0 saturated carbocycles. The minimum atomic E-state index is -3.51. The van der Waals surface area contributed by atoms with Gasteiger partial charge in [0.15, 0.2) is 9.84 Å². The van der Waals surface area contributed by atoms with Crippen LogP contribution in [0.2, 0.25) is 5.02 Å². The third kappa shape index (κ3) is 4.12. The molecule has 0 spiro atoms. The molecule has 0 unspecified atom stereocenters. The summed E-state index contributed by atoms with van der Waals surface area (Å²) in [4.78, 5) is 11.1. The van der Waals surface area contributed by atoms with Crippen LogP contribution in [0.1, 0.15) is 22.8 Å². The van der Waals surface area contributed by atoms with Crippen LogP contribution in [-0.4, -0.2) is 36.8 Å². The van der Waals surface area contributed by atoms with Crippen molar-refractivity contribution in [3.05, 3.63) is 28.3 Å². The van der Waals surface area contributed by atoms with Gasteiger partial charge in [0.1, 0.15) is 0 Å². The third-order valence-electron chi connectivity index (χ3n) is 2.59. The summed E-state index contributed by atoms with van der Waals surface area (Å²) in [6.45, 7) is 3.43. The summed E-state index contributed by atoms with van der Waals surface area (Å²) in [6.07, 6.45) is 0. The Kier molecular flexibility index (Phi) is 5.70. The number of carboxylic acid groups (broad SMARTS) is 1. The van der Waals surface area contributed by atoms with Crippen LogP contribution in [0.3, 0.4) is 0 Å². The average molecular weight is 323 g/mol. The first-order chi connectivity index (χ1) is 8.79. The molecule has 0 bridgehead atoms. The van der Waals surface area contributed by atoms with Crippen molar-refractivity contribution in [1.29, 1.82) is 0 Å². The Labute approximate surface area is 122 Å². The second kappa shape index (κ2) is 6.63. The maximum absolute atomic E-state index is 12.2. The first-order valence-electron chi connectivity index (χ1n) is 5.63. The number of benzene rings is 1. The normalized spacial score (nSPS) is 11.5. The van der Waals surface area contributed by atoms with E-state index in [0.29, 0.717) is 5.75 Å². The maximum Gasteiger partial charge on any atom is 0.336 e. The molecule has 4 nitrogen and oxygen atoms in total. The first-order valence-corrected chi connectivity index (χ1v) is 8.82. The van der Waals surface area contributed by atoms with Crippen molar-refractivity contribution in [3.63, 3.8) is 0 Å². The predicted molar refractivity (Wildman–Crippen MR) is 78.2 cm³/mol. The topological polar surface area (TPSA) is 71.4 Å². The number of hydrogen-bond acceptors (Lipinski definition) is 4. The molecule has 7 heteroatoms. The quantitative estimate of drug-likeness (QED) is 0.815. The molecule has 0 aromatic heterocycles. The summed E-state index contributed by atoms with van der Waals surface area (Å²) in [6, 6.07) is 2.58. The van der Waals surface area contributed by atoms with Crippen LogP contribution in [0.15, 0.2) is 17.0 Å². The Balaban J connectivity index is 3.23. The van der Waals surface area contributed by atoms with Gasteiger partial charge in [-0.05, 0) is 30.4 Å². The highest BCUT2D eigenvalue weighted by molar-refractivity contribution is 8.00. The highest BCUT2D eigenvalue weighted by Gasteiger charge is 2.21. The summed E-state index contributed by atoms with van der Waals surface area (Å²) < 4.78 is 24.4. The van der Waals surface area contributed by atoms with Crippen LogP contribution in [0.5, 0.6) is 0 Å². The molecular formula is C12H15ClO4S2. The number of sulfone groups is 1. The van der Waals surface area contributed by atoms with Crippen molar-refractivity contribution in [2.24, 2.45) is 0 Å². The zero-order chi connectivity index (χ0) is 14.6. The van der Waals surface area contributed by atoms with Crippen molar-refractivity contribution in [2.45, 2.75) is 18.7 Å². The Morgan fingerprint density at radius 3 is 2.58 bits per heavy atom. The van der Waals surface area contributed by atoms with E-state index in [-0.39, 0.29) is 26.8 Å². The predicted octanol–water partition coefficient (Wildman–Crippen LogP) is 2.87. The molecule has 0 aliphatic carbocycles. The molecule has 19 heavy (non-hydrogen) atoms. The van der Waals surface area contributed by atoms with Gasteiger partial charge in [-0.1, -0.05) is 18.5 Å². The Hall–Kier alpha value is -0.720. The highest BCUT2D eigenvalue weighted by Crippen LogP contribution is 2.25. The summed E-state index contributed by atoms with van der Waals surface area (Å²) in [7, 11) is -3.51. The number of carbonyl (C=O) groups is 1. The van der Waals surface area contributed by atoms with Crippen molar-refractivity contribution in [3.8, 4) is 0 Å². The molecule has 0 saturated heterocycles. The van der Waals surface area contributed by atoms with Crippen LogP contribution < -0.4 is 0 Å². The van der Waals surface area contributed by atoms with Gasteiger partial charge in [0.05, 0.1) is 16.2 Å². The molecule has 0 atom stereocenters. The highest BCUT2D eigenvalue weighted by atomic mass is 35.5. The van der Waals surface area contributed by atoms with Crippen LogP contribution in [0.25, 0.3) is 0 Å². The molecule has 0 amide bonds. The fraction of sp³-hybridized carbons (Fsp3) is 0.417. The van der Waals surface area contributed by atoms with Gasteiger partial charge in [-0.3, -0.25) is 0 Å². The smallest absolute Gasteiger partial charge is 0.336 e. The fourth-order valence-corrected chi connectivity index (χ4v) is 4.65. The van der Waals surface area contributed by atoms with Gasteiger partial charge in [0, 0.05) is 10.8 Å². The van der Waals surface area contributed by atoms with E-state index in [9.17, 15) is 13.2 Å². The lowest BCUT2D eigenvalue weighted by atomic mass is 10.1.